The average Bonchev–Trinajstić information content (AvgIpc) is 3.29. The van der Waals surface area contributed by atoms with Gasteiger partial charge >= 0.3 is 17.9 Å². The molecule has 37 heavy (non-hydrogen) atoms. The van der Waals surface area contributed by atoms with Crippen molar-refractivity contribution in [2.45, 2.75) is 52.0 Å². The fraction of sp³-hybridized carbons (Fsp3) is 0.385. The second kappa shape index (κ2) is 13.5. The number of carbonyl (C=O) groups is 3. The van der Waals surface area contributed by atoms with Crippen molar-refractivity contribution in [2.75, 3.05) is 13.2 Å². The highest BCUT2D eigenvalue weighted by Crippen LogP contribution is 2.19. The van der Waals surface area contributed by atoms with Gasteiger partial charge in [0.1, 0.15) is 12.3 Å². The second-order valence-corrected chi connectivity index (χ2v) is 8.80. The van der Waals surface area contributed by atoms with E-state index >= 15 is 0 Å². The zero-order valence-electron chi connectivity index (χ0n) is 21.2. The van der Waals surface area contributed by atoms with Crippen molar-refractivity contribution >= 4 is 23.6 Å². The molecule has 2 atom stereocenters. The summed E-state index contributed by atoms with van der Waals surface area (Å²) in [4.78, 5) is 38.9. The van der Waals surface area contributed by atoms with E-state index in [4.69, 9.17) is 25.2 Å². The van der Waals surface area contributed by atoms with Gasteiger partial charge in [-0.1, -0.05) is 30.3 Å². The summed E-state index contributed by atoms with van der Waals surface area (Å²) in [6.07, 6.45) is -0.724. The molecule has 1 aromatic carbocycles. The molecule has 0 bridgehead atoms. The number of hydrogen-bond donors (Lipinski definition) is 4. The summed E-state index contributed by atoms with van der Waals surface area (Å²) in [5, 5.41) is 32.5. The molecule has 0 saturated carbocycles. The maximum atomic E-state index is 12.4. The minimum Gasteiger partial charge on any atom is -0.479 e. The average molecular weight is 516 g/mol. The van der Waals surface area contributed by atoms with E-state index in [9.17, 15) is 14.4 Å². The number of carbonyl (C=O) groups excluding carboxylic acids is 1. The van der Waals surface area contributed by atoms with Crippen LogP contribution in [-0.4, -0.2) is 90.1 Å². The number of carboxylic acid groups (broad SMARTS) is 2. The SMILES string of the molecule is CC(C)N(CCOC(=O)c1ccn2cc(-c3ccccc3)nc2c1)C(C)C.O=C(O)C(O)C(O)C(=O)O. The van der Waals surface area contributed by atoms with Crippen molar-refractivity contribution in [1.82, 2.24) is 14.3 Å². The summed E-state index contributed by atoms with van der Waals surface area (Å²) in [5.74, 6) is -3.85. The van der Waals surface area contributed by atoms with E-state index in [-0.39, 0.29) is 5.97 Å². The van der Waals surface area contributed by atoms with Crippen molar-refractivity contribution in [1.29, 1.82) is 0 Å². The molecular formula is C26H33N3O8. The minimum absolute atomic E-state index is 0.311. The summed E-state index contributed by atoms with van der Waals surface area (Å²) in [6.45, 7) is 9.71. The Bertz CT molecular complexity index is 1170. The van der Waals surface area contributed by atoms with Crippen LogP contribution in [0.1, 0.15) is 38.1 Å². The van der Waals surface area contributed by atoms with E-state index in [0.717, 1.165) is 23.4 Å². The van der Waals surface area contributed by atoms with Gasteiger partial charge in [0.05, 0.1) is 11.3 Å². The standard InChI is InChI=1S/C22H27N3O2.C4H6O6/c1-16(2)25(17(3)4)12-13-27-22(26)19-10-11-24-15-20(23-21(24)14-19)18-8-6-5-7-9-18;5-1(3(7)8)2(6)4(9)10/h5-11,14-17H,12-13H2,1-4H3;1-2,5-6H,(H,7,8)(H,9,10). The lowest BCUT2D eigenvalue weighted by Gasteiger charge is -2.30. The van der Waals surface area contributed by atoms with Crippen LogP contribution in [0.2, 0.25) is 0 Å². The van der Waals surface area contributed by atoms with Crippen LogP contribution in [0.25, 0.3) is 16.9 Å². The van der Waals surface area contributed by atoms with Crippen LogP contribution in [0.3, 0.4) is 0 Å². The quantitative estimate of drug-likeness (QED) is 0.294. The van der Waals surface area contributed by atoms with E-state index in [1.165, 1.54) is 0 Å². The van der Waals surface area contributed by atoms with E-state index in [1.807, 2.05) is 47.1 Å². The van der Waals surface area contributed by atoms with Crippen LogP contribution in [0.15, 0.2) is 54.9 Å². The van der Waals surface area contributed by atoms with Gasteiger partial charge in [0, 0.05) is 36.6 Å². The largest absolute Gasteiger partial charge is 0.479 e. The second-order valence-electron chi connectivity index (χ2n) is 8.80. The van der Waals surface area contributed by atoms with Gasteiger partial charge in [-0.3, -0.25) is 4.90 Å². The molecule has 200 valence electrons. The molecule has 2 aromatic heterocycles. The topological polar surface area (TPSA) is 162 Å². The van der Waals surface area contributed by atoms with Crippen LogP contribution in [0.4, 0.5) is 0 Å². The number of nitrogens with zero attached hydrogens (tertiary/aromatic N) is 3. The number of carboxylic acids is 2. The smallest absolute Gasteiger partial charge is 0.338 e. The molecule has 0 spiro atoms. The van der Waals surface area contributed by atoms with Gasteiger partial charge in [-0.2, -0.15) is 0 Å². The number of benzene rings is 1. The summed E-state index contributed by atoms with van der Waals surface area (Å²) < 4.78 is 7.40. The first-order chi connectivity index (χ1) is 17.4. The van der Waals surface area contributed by atoms with Crippen molar-refractivity contribution in [2.24, 2.45) is 0 Å². The number of ether oxygens (including phenoxy) is 1. The van der Waals surface area contributed by atoms with Crippen molar-refractivity contribution in [3.63, 3.8) is 0 Å². The molecule has 0 radical (unpaired) electrons. The molecule has 11 nitrogen and oxygen atoms in total. The van der Waals surface area contributed by atoms with Gasteiger partial charge in [-0.15, -0.1) is 0 Å². The maximum Gasteiger partial charge on any atom is 0.338 e. The Hall–Kier alpha value is -3.80. The lowest BCUT2D eigenvalue weighted by atomic mass is 10.2. The molecule has 0 fully saturated rings. The predicted octanol–water partition coefficient (Wildman–Crippen LogP) is 2.15. The van der Waals surface area contributed by atoms with Crippen LogP contribution < -0.4 is 0 Å². The molecule has 11 heteroatoms. The Kier molecular flexibility index (Phi) is 10.7. The highest BCUT2D eigenvalue weighted by Gasteiger charge is 2.29. The van der Waals surface area contributed by atoms with Gasteiger partial charge in [-0.25, -0.2) is 19.4 Å². The first-order valence-corrected chi connectivity index (χ1v) is 11.7. The highest BCUT2D eigenvalue weighted by molar-refractivity contribution is 5.90. The summed E-state index contributed by atoms with van der Waals surface area (Å²) >= 11 is 0. The number of aromatic nitrogens is 2. The molecule has 3 rings (SSSR count). The number of aliphatic hydroxyl groups is 2. The lowest BCUT2D eigenvalue weighted by Crippen LogP contribution is -2.39. The minimum atomic E-state index is -2.27. The molecule has 2 unspecified atom stereocenters. The number of rotatable bonds is 10. The Morgan fingerprint density at radius 2 is 1.51 bits per heavy atom. The van der Waals surface area contributed by atoms with Crippen molar-refractivity contribution < 1.29 is 39.5 Å². The Morgan fingerprint density at radius 1 is 0.946 bits per heavy atom. The summed E-state index contributed by atoms with van der Waals surface area (Å²) in [5.41, 5.74) is 3.18. The van der Waals surface area contributed by atoms with Crippen molar-refractivity contribution in [3.8, 4) is 11.3 Å². The fourth-order valence-corrected chi connectivity index (χ4v) is 3.57. The molecule has 0 aliphatic heterocycles. The van der Waals surface area contributed by atoms with Gasteiger partial charge in [-0.05, 0) is 39.8 Å². The normalized spacial score (nSPS) is 12.8. The highest BCUT2D eigenvalue weighted by atomic mass is 16.5. The monoisotopic (exact) mass is 515 g/mol. The first-order valence-electron chi connectivity index (χ1n) is 11.7. The number of fused-ring (bicyclic) bond motifs is 1. The summed E-state index contributed by atoms with van der Waals surface area (Å²) in [7, 11) is 0. The predicted molar refractivity (Wildman–Crippen MR) is 135 cm³/mol. The van der Waals surface area contributed by atoms with E-state index in [2.05, 4.69) is 37.6 Å². The third kappa shape index (κ3) is 8.38. The molecule has 0 amide bonds. The van der Waals surface area contributed by atoms with Crippen LogP contribution >= 0.6 is 0 Å². The van der Waals surface area contributed by atoms with Gasteiger partial charge in [0.2, 0.25) is 0 Å². The Labute approximate surface area is 214 Å². The van der Waals surface area contributed by atoms with Crippen molar-refractivity contribution in [3.05, 3.63) is 60.4 Å². The Balaban J connectivity index is 0.000000410. The Morgan fingerprint density at radius 3 is 2.03 bits per heavy atom. The molecule has 0 aliphatic carbocycles. The van der Waals surface area contributed by atoms with E-state index in [0.29, 0.717) is 24.3 Å². The molecule has 0 saturated heterocycles. The molecular weight excluding hydrogens is 482 g/mol. The van der Waals surface area contributed by atoms with Gasteiger partial charge in [0.25, 0.3) is 0 Å². The van der Waals surface area contributed by atoms with Gasteiger partial charge in [0.15, 0.2) is 12.2 Å². The van der Waals surface area contributed by atoms with Crippen LogP contribution in [0.5, 0.6) is 0 Å². The number of hydrogen-bond acceptors (Lipinski definition) is 8. The molecule has 2 heterocycles. The number of pyridine rings is 1. The number of aliphatic carboxylic acids is 2. The number of esters is 1. The first kappa shape index (κ1) is 29.4. The third-order valence-electron chi connectivity index (χ3n) is 5.48. The zero-order chi connectivity index (χ0) is 27.7. The van der Waals surface area contributed by atoms with Crippen LogP contribution in [-0.2, 0) is 14.3 Å². The van der Waals surface area contributed by atoms with Crippen LogP contribution in [0, 0.1) is 0 Å². The van der Waals surface area contributed by atoms with E-state index < -0.39 is 24.1 Å². The lowest BCUT2D eigenvalue weighted by molar-refractivity contribution is -0.165. The molecule has 3 aromatic rings. The fourth-order valence-electron chi connectivity index (χ4n) is 3.57. The summed E-state index contributed by atoms with van der Waals surface area (Å²) in [6, 6.07) is 14.4. The van der Waals surface area contributed by atoms with Gasteiger partial charge < -0.3 is 29.6 Å². The maximum absolute atomic E-state index is 12.4. The zero-order valence-corrected chi connectivity index (χ0v) is 21.2. The number of imidazole rings is 1. The molecule has 4 N–H and O–H groups in total. The van der Waals surface area contributed by atoms with E-state index in [1.54, 1.807) is 12.1 Å². The molecule has 0 aliphatic rings. The third-order valence-corrected chi connectivity index (χ3v) is 5.48. The number of aliphatic hydroxyl groups excluding tert-OH is 2.